The summed E-state index contributed by atoms with van der Waals surface area (Å²) >= 11 is 1.23. The molecule has 10 rings (SSSR count). The van der Waals surface area contributed by atoms with Gasteiger partial charge in [-0.3, -0.25) is 18.7 Å². The number of rotatable bonds is 8. The van der Waals surface area contributed by atoms with Crippen molar-refractivity contribution in [3.8, 4) is 0 Å². The highest BCUT2D eigenvalue weighted by atomic mass is 32.1. The van der Waals surface area contributed by atoms with Crippen LogP contribution in [0.1, 0.15) is 94.2 Å². The molecule has 2 aromatic carbocycles. The predicted molar refractivity (Wildman–Crippen MR) is 220 cm³/mol. The van der Waals surface area contributed by atoms with Gasteiger partial charge >= 0.3 is 0 Å². The van der Waals surface area contributed by atoms with E-state index in [1.807, 2.05) is 14.0 Å². The second-order valence-corrected chi connectivity index (χ2v) is 16.1. The summed E-state index contributed by atoms with van der Waals surface area (Å²) in [5, 5.41) is 8.26. The summed E-state index contributed by atoms with van der Waals surface area (Å²) in [4.78, 5) is 51.7. The van der Waals surface area contributed by atoms with Crippen LogP contribution < -0.4 is 16.9 Å². The number of nitrogens with zero attached hydrogens (tertiary/aromatic N) is 11. The van der Waals surface area contributed by atoms with Gasteiger partial charge in [0.1, 0.15) is 29.4 Å². The molecule has 0 radical (unpaired) electrons. The molecule has 0 aliphatic carbocycles. The number of imidazole rings is 1. The summed E-state index contributed by atoms with van der Waals surface area (Å²) in [6.45, 7) is 9.04. The lowest BCUT2D eigenvalue weighted by molar-refractivity contribution is 0.110. The molecule has 0 unspecified atom stereocenters. The SMILES string of the molecule is Cc1ccc([C@H]2C[C@H](c3noc(Cn4c(C)nc5nc(C)n(C)c5c4=O)n3)CO2)cc1.Cc1ccc([C@H]2C[C@H](c3noc(Cn4c(N)nc5ncsc5c4=O)n3)CO2)cc1. The van der Waals surface area contributed by atoms with Crippen LogP contribution in [0.25, 0.3) is 21.5 Å². The van der Waals surface area contributed by atoms with E-state index in [2.05, 4.69) is 103 Å². The van der Waals surface area contributed by atoms with E-state index >= 15 is 0 Å². The maximum Gasteiger partial charge on any atom is 0.280 e. The second-order valence-electron chi connectivity index (χ2n) is 15.2. The molecule has 19 heteroatoms. The van der Waals surface area contributed by atoms with Gasteiger partial charge in [-0.25, -0.2) is 15.0 Å². The van der Waals surface area contributed by atoms with Crippen LogP contribution in [0.5, 0.6) is 0 Å². The Labute approximate surface area is 346 Å². The van der Waals surface area contributed by atoms with E-state index in [0.717, 1.165) is 29.8 Å². The smallest absolute Gasteiger partial charge is 0.280 e. The van der Waals surface area contributed by atoms with Gasteiger partial charge < -0.3 is 28.8 Å². The Balaban J connectivity index is 0.000000154. The van der Waals surface area contributed by atoms with E-state index in [1.165, 1.54) is 27.0 Å². The van der Waals surface area contributed by atoms with Crippen LogP contribution in [-0.2, 0) is 29.6 Å². The van der Waals surface area contributed by atoms with E-state index < -0.39 is 0 Å². The summed E-state index contributed by atoms with van der Waals surface area (Å²) in [5.41, 5.74) is 13.1. The maximum atomic E-state index is 13.0. The van der Waals surface area contributed by atoms with E-state index in [0.29, 0.717) is 64.0 Å². The highest BCUT2D eigenvalue weighted by Crippen LogP contribution is 2.38. The van der Waals surface area contributed by atoms with Crippen molar-refractivity contribution >= 4 is 38.8 Å². The molecule has 2 saturated heterocycles. The molecule has 4 atom stereocenters. The third-order valence-corrected chi connectivity index (χ3v) is 11.9. The number of fused-ring (bicyclic) bond motifs is 2. The fraction of sp³-hybridized carbons (Fsp3) is 0.366. The predicted octanol–water partition coefficient (Wildman–Crippen LogP) is 5.15. The van der Waals surface area contributed by atoms with Crippen molar-refractivity contribution in [3.05, 3.63) is 132 Å². The Morgan fingerprint density at radius 2 is 1.22 bits per heavy atom. The first-order chi connectivity index (χ1) is 29.0. The molecule has 2 aliphatic rings. The molecular weight excluding hydrogens is 789 g/mol. The summed E-state index contributed by atoms with van der Waals surface area (Å²) < 4.78 is 27.8. The Hall–Kier alpha value is -6.44. The number of aromatic nitrogens is 11. The number of hydrogen-bond acceptors (Lipinski definition) is 16. The van der Waals surface area contributed by atoms with Gasteiger partial charge in [0.25, 0.3) is 11.1 Å². The monoisotopic (exact) mass is 830 g/mol. The van der Waals surface area contributed by atoms with E-state index in [-0.39, 0.29) is 54.2 Å². The number of benzene rings is 2. The summed E-state index contributed by atoms with van der Waals surface area (Å²) in [6.07, 6.45) is 1.61. The topological polar surface area (TPSA) is 223 Å². The average Bonchev–Trinajstić information content (AvgIpc) is 4.10. The number of hydrogen-bond donors (Lipinski definition) is 1. The minimum atomic E-state index is -0.265. The van der Waals surface area contributed by atoms with Crippen LogP contribution in [0, 0.1) is 27.7 Å². The molecule has 60 heavy (non-hydrogen) atoms. The first-order valence-electron chi connectivity index (χ1n) is 19.5. The Kier molecular flexibility index (Phi) is 10.4. The third-order valence-electron chi connectivity index (χ3n) is 11.1. The molecule has 2 N–H and O–H groups in total. The lowest BCUT2D eigenvalue weighted by Crippen LogP contribution is -2.25. The molecule has 8 heterocycles. The number of thiazole rings is 1. The number of nitrogen functional groups attached to an aromatic ring is 1. The Bertz CT molecular complexity index is 2950. The molecule has 2 fully saturated rings. The zero-order valence-electron chi connectivity index (χ0n) is 33.6. The highest BCUT2D eigenvalue weighted by Gasteiger charge is 2.33. The van der Waals surface area contributed by atoms with Gasteiger partial charge in [-0.1, -0.05) is 70.0 Å². The van der Waals surface area contributed by atoms with Crippen molar-refractivity contribution in [2.24, 2.45) is 7.05 Å². The lowest BCUT2D eigenvalue weighted by atomic mass is 9.99. The molecular formula is C41H42N12O6S. The molecule has 0 spiro atoms. The van der Waals surface area contributed by atoms with Gasteiger partial charge in [0.15, 0.2) is 28.5 Å². The normalized spacial score (nSPS) is 19.0. The van der Waals surface area contributed by atoms with Crippen molar-refractivity contribution in [3.63, 3.8) is 0 Å². The number of nitrogens with two attached hydrogens (primary N) is 1. The molecule has 0 amide bonds. The Morgan fingerprint density at radius 3 is 1.78 bits per heavy atom. The standard InChI is InChI=1S/C22H24N6O3.C19H18N6O3S/c1-12-5-7-15(8-6-12)17-9-16(11-30-17)20-25-18(31-26-20)10-28-14(3)24-21-19(22(28)29)27(4)13(2)23-21;1-10-2-4-11(5-3-10)13-6-12(8-27-13)16-22-14(28-24-16)7-25-18(26)15-17(21-9-29-15)23-19(25)20/h5-8,16-17H,9-11H2,1-4H3;2-5,9,12-13H,6-8H2,1H3,(H2,20,23)/t16-,17+;12-,13+/m00/s1. The number of ether oxygens (including phenoxy) is 2. The van der Waals surface area contributed by atoms with E-state index in [4.69, 9.17) is 24.3 Å². The van der Waals surface area contributed by atoms with Crippen molar-refractivity contribution in [2.45, 2.75) is 77.7 Å². The highest BCUT2D eigenvalue weighted by molar-refractivity contribution is 7.16. The maximum absolute atomic E-state index is 13.0. The fourth-order valence-corrected chi connectivity index (χ4v) is 8.18. The van der Waals surface area contributed by atoms with Gasteiger partial charge in [0.2, 0.25) is 17.7 Å². The molecule has 6 aromatic heterocycles. The van der Waals surface area contributed by atoms with Crippen molar-refractivity contribution in [1.82, 2.24) is 53.9 Å². The van der Waals surface area contributed by atoms with Crippen LogP contribution in [0.2, 0.25) is 0 Å². The molecule has 0 saturated carbocycles. The largest absolute Gasteiger partial charge is 0.373 e. The van der Waals surface area contributed by atoms with Gasteiger partial charge in [-0.15, -0.1) is 11.3 Å². The lowest BCUT2D eigenvalue weighted by Gasteiger charge is -2.09. The molecule has 0 bridgehead atoms. The van der Waals surface area contributed by atoms with Gasteiger partial charge in [-0.05, 0) is 51.7 Å². The van der Waals surface area contributed by atoms with Gasteiger partial charge in [-0.2, -0.15) is 15.0 Å². The quantitative estimate of drug-likeness (QED) is 0.209. The van der Waals surface area contributed by atoms with Crippen molar-refractivity contribution in [2.75, 3.05) is 18.9 Å². The summed E-state index contributed by atoms with van der Waals surface area (Å²) in [6, 6.07) is 16.7. The van der Waals surface area contributed by atoms with Gasteiger partial charge in [0, 0.05) is 18.9 Å². The van der Waals surface area contributed by atoms with Crippen LogP contribution in [0.15, 0.2) is 72.7 Å². The number of anilines is 1. The van der Waals surface area contributed by atoms with Crippen LogP contribution in [-0.4, -0.2) is 67.1 Å². The number of aryl methyl sites for hydroxylation is 5. The van der Waals surface area contributed by atoms with Crippen LogP contribution in [0.3, 0.4) is 0 Å². The first kappa shape index (κ1) is 39.0. The van der Waals surface area contributed by atoms with Crippen molar-refractivity contribution < 1.29 is 18.5 Å². The molecule has 308 valence electrons. The average molecular weight is 831 g/mol. The minimum absolute atomic E-state index is 0.0127. The van der Waals surface area contributed by atoms with E-state index in [9.17, 15) is 9.59 Å². The molecule has 18 nitrogen and oxygen atoms in total. The van der Waals surface area contributed by atoms with E-state index in [1.54, 1.807) is 21.6 Å². The zero-order chi connectivity index (χ0) is 41.7. The minimum Gasteiger partial charge on any atom is -0.373 e. The fourth-order valence-electron chi connectivity index (χ4n) is 7.51. The van der Waals surface area contributed by atoms with Crippen LogP contribution in [0.4, 0.5) is 5.95 Å². The molecule has 8 aromatic rings. The first-order valence-corrected chi connectivity index (χ1v) is 20.4. The van der Waals surface area contributed by atoms with Gasteiger partial charge in [0.05, 0.1) is 30.9 Å². The third kappa shape index (κ3) is 7.62. The van der Waals surface area contributed by atoms with Crippen molar-refractivity contribution in [1.29, 1.82) is 0 Å². The summed E-state index contributed by atoms with van der Waals surface area (Å²) in [7, 11) is 1.81. The van der Waals surface area contributed by atoms with Crippen LogP contribution >= 0.6 is 11.3 Å². The Morgan fingerprint density at radius 1 is 0.683 bits per heavy atom. The molecule has 2 aliphatic heterocycles. The summed E-state index contributed by atoms with van der Waals surface area (Å²) in [5.74, 6) is 3.32. The zero-order valence-corrected chi connectivity index (χ0v) is 34.4. The second kappa shape index (κ2) is 16.0.